The maximum absolute atomic E-state index is 9.87. The molecule has 0 amide bonds. The highest BCUT2D eigenvalue weighted by Gasteiger charge is 2.25. The summed E-state index contributed by atoms with van der Waals surface area (Å²) >= 11 is 0. The van der Waals surface area contributed by atoms with Gasteiger partial charge in [0.25, 0.3) is 0 Å². The molecule has 9 aromatic rings. The molecule has 8 atom stereocenters. The number of likely N-dealkylation sites (N-methyl/N-ethyl adjacent to an activating group) is 9. The Hall–Kier alpha value is -9.58. The number of phenolic OH excluding ortho intramolecular Hbond substituents is 9. The van der Waals surface area contributed by atoms with E-state index in [2.05, 4.69) is 37.2 Å². The third-order valence-electron chi connectivity index (χ3n) is 13.0. The number of aliphatic hydroxyl groups is 10. The smallest absolute Gasteiger partial charge is 0.202 e. The Morgan fingerprint density at radius 3 is 0.798 bits per heavy atom. The second-order valence-corrected chi connectivity index (χ2v) is 21.4. The van der Waals surface area contributed by atoms with Crippen LogP contribution < -0.4 is 47.9 Å². The van der Waals surface area contributed by atoms with Gasteiger partial charge >= 0.3 is 0 Å². The number of hydrogen-bond donors (Lipinski definition) is 28. The van der Waals surface area contributed by atoms with E-state index in [1.165, 1.54) is 180 Å². The summed E-state index contributed by atoms with van der Waals surface area (Å²) in [5.74, 6) is -3.36. The first-order valence-corrected chi connectivity index (χ1v) is 32.0. The number of benzene rings is 9. The van der Waals surface area contributed by atoms with Gasteiger partial charge in [0, 0.05) is 90.6 Å². The van der Waals surface area contributed by atoms with Crippen molar-refractivity contribution in [2.24, 2.45) is 0 Å². The summed E-state index contributed by atoms with van der Waals surface area (Å²) < 4.78 is 202. The SMILES string of the molecule is [2H]C(O)(CNC)c1cccc(O)c1.[2H]C([2H])(NC)C(O)(O)c1cccc(O)c1.[2H]C([2H])(NC)C(O)c1cccc(O)c1.[2H]C([2H])(NC)C([2H])(O)c1cccc(O)c1.[2H]C([2H])(NC)[C@H](O)c1cccc(O)c1.[2H]C([2H])([2H])NC([2H])([2H])C(O)c1cccc(O)c1.[2H]C([2H])([2H])NC([2H])([2H])C([2H])(O)c1cccc(O)c1.[2H]C([2H])([2H])NCC(O)c1cccc(O)c1.[2H]C([2H])([2H])NCC([2H])(O)c1cccc(O)c1. The maximum atomic E-state index is 9.87. The van der Waals surface area contributed by atoms with Crippen LogP contribution >= 0.6 is 0 Å². The quantitative estimate of drug-likeness (QED) is 0.0304. The van der Waals surface area contributed by atoms with Gasteiger partial charge < -0.3 is 145 Å². The predicted molar refractivity (Wildman–Crippen MR) is 424 cm³/mol. The molecule has 0 saturated carbocycles. The molecule has 0 aliphatic carbocycles. The minimum Gasteiger partial charge on any atom is -0.508 e. The molecule has 600 valence electrons. The van der Waals surface area contributed by atoms with Crippen LogP contribution in [0, 0.1) is 0 Å². The van der Waals surface area contributed by atoms with E-state index in [0.717, 1.165) is 18.2 Å². The molecule has 9 rings (SSSR count). The van der Waals surface area contributed by atoms with Gasteiger partial charge in [0.1, 0.15) is 51.7 Å². The lowest BCUT2D eigenvalue weighted by atomic mass is 10.1. The Morgan fingerprint density at radius 2 is 0.514 bits per heavy atom. The van der Waals surface area contributed by atoms with Crippen molar-refractivity contribution in [2.45, 2.75) is 54.5 Å². The summed E-state index contributed by atoms with van der Waals surface area (Å²) in [6.45, 7) is -24.6. The maximum Gasteiger partial charge on any atom is 0.202 e. The lowest BCUT2D eigenvalue weighted by Gasteiger charge is -2.21. The van der Waals surface area contributed by atoms with Crippen LogP contribution in [0.25, 0.3) is 0 Å². The molecule has 0 aliphatic heterocycles. The van der Waals surface area contributed by atoms with Crippen LogP contribution in [0.3, 0.4) is 0 Å². The van der Waals surface area contributed by atoms with Crippen LogP contribution in [0.4, 0.5) is 0 Å². The number of phenols is 9. The predicted octanol–water partition coefficient (Wildman–Crippen LogP) is 4.91. The lowest BCUT2D eigenvalue weighted by Crippen LogP contribution is -2.36. The van der Waals surface area contributed by atoms with Crippen LogP contribution in [0.15, 0.2) is 218 Å². The summed E-state index contributed by atoms with van der Waals surface area (Å²) in [4.78, 5) is 0. The highest BCUT2D eigenvalue weighted by molar-refractivity contribution is 5.35. The molecular weight excluding hydrogens is 1400 g/mol. The fraction of sp³-hybridized carbons (Fsp3) is 0.333. The minimum absolute atomic E-state index is 0.00783. The van der Waals surface area contributed by atoms with Gasteiger partial charge in [-0.1, -0.05) is 109 Å². The van der Waals surface area contributed by atoms with Gasteiger partial charge in [0.15, 0.2) is 0 Å². The average Bonchev–Trinajstić information content (AvgIpc) is 0.796. The Morgan fingerprint density at radius 1 is 0.275 bits per heavy atom. The fourth-order valence-electron chi connectivity index (χ4n) is 8.05. The highest BCUT2D eigenvalue weighted by Crippen LogP contribution is 2.25. The van der Waals surface area contributed by atoms with Crippen LogP contribution in [0.1, 0.15) is 137 Å². The second-order valence-electron chi connectivity index (χ2n) is 21.4. The molecule has 9 aromatic carbocycles. The van der Waals surface area contributed by atoms with Gasteiger partial charge in [0.05, 0.1) is 60.7 Å². The number of rotatable bonds is 27. The lowest BCUT2D eigenvalue weighted by molar-refractivity contribution is -0.164. The van der Waals surface area contributed by atoms with E-state index in [-0.39, 0.29) is 92.7 Å². The van der Waals surface area contributed by atoms with Crippen molar-refractivity contribution in [1.82, 2.24) is 47.9 Å². The molecule has 0 radical (unpaired) electrons. The average molecular weight is 1550 g/mol. The van der Waals surface area contributed by atoms with Gasteiger partial charge in [-0.15, -0.1) is 0 Å². The molecule has 0 saturated heterocycles. The van der Waals surface area contributed by atoms with E-state index in [4.69, 9.17) is 63.9 Å². The molecule has 28 heteroatoms. The highest BCUT2D eigenvalue weighted by atomic mass is 16.5. The monoisotopic (exact) mass is 1550 g/mol. The van der Waals surface area contributed by atoms with Crippen LogP contribution in [0.5, 0.6) is 51.7 Å². The van der Waals surface area contributed by atoms with Crippen molar-refractivity contribution in [1.29, 1.82) is 0 Å². The molecule has 0 heterocycles. The summed E-state index contributed by atoms with van der Waals surface area (Å²) in [5, 5.41) is 199. The summed E-state index contributed by atoms with van der Waals surface area (Å²) in [5.41, 5.74) is 1.35. The van der Waals surface area contributed by atoms with Crippen molar-refractivity contribution in [2.75, 3.05) is 122 Å². The van der Waals surface area contributed by atoms with Gasteiger partial charge in [-0.3, -0.25) is 0 Å². The zero-order chi connectivity index (χ0) is 106. The molecule has 0 aromatic heterocycles. The van der Waals surface area contributed by atoms with Gasteiger partial charge in [0.2, 0.25) is 5.79 Å². The number of nitrogens with one attached hydrogen (secondary N) is 9. The minimum atomic E-state index is -2.92. The van der Waals surface area contributed by atoms with E-state index in [1.807, 2.05) is 0 Å². The molecule has 109 heavy (non-hydrogen) atoms. The Kier molecular flexibility index (Phi) is 30.8. The van der Waals surface area contributed by atoms with Crippen LogP contribution in [0.2, 0.25) is 0 Å². The molecular formula is C81H117N9O19. The Balaban J connectivity index is 0.000000772. The van der Waals surface area contributed by atoms with Crippen LogP contribution in [-0.4, -0.2) is 219 Å². The molecule has 0 spiro atoms. The molecule has 0 bridgehead atoms. The first kappa shape index (κ1) is 59.3. The topological polar surface area (TPSA) is 493 Å². The molecule has 28 N–H and O–H groups in total. The zero-order valence-corrected chi connectivity index (χ0v) is 59.7. The Labute approximate surface area is 678 Å². The van der Waals surface area contributed by atoms with E-state index in [0.29, 0.717) is 22.3 Å². The van der Waals surface area contributed by atoms with E-state index in [9.17, 15) is 71.5 Å². The Bertz CT molecular complexity index is 4980. The first-order valence-electron chi connectivity index (χ1n) is 46.0. The van der Waals surface area contributed by atoms with Crippen molar-refractivity contribution in [3.63, 3.8) is 0 Å². The standard InChI is InChI=1S/C9H13NO3.8C9H13NO2/c1-10-6-9(12,13)7-3-2-4-8(11)5-7;8*1-10-6-9(12)7-3-2-4-8(11)5-7/h2-5,10-13H,6H2,1H3;8*2-5,9-12H,6H2,1H3/t;9-;;;;;;;/m.0......./s1/i2*6D2;1D3,6D2,9D;6D2,9D;1D3,9D;1D3,6D2;9D;6D2;1D3. The first-order chi connectivity index (χ1) is 62.3. The van der Waals surface area contributed by atoms with Gasteiger partial charge in [-0.2, -0.15) is 0 Å². The second kappa shape index (κ2) is 56.6. The number of aromatic hydroxyl groups is 9. The van der Waals surface area contributed by atoms with Crippen molar-refractivity contribution in [3.05, 3.63) is 268 Å². The van der Waals surface area contributed by atoms with Crippen molar-refractivity contribution in [3.8, 4) is 51.7 Å². The van der Waals surface area contributed by atoms with E-state index >= 15 is 0 Å². The zero-order valence-electron chi connectivity index (χ0n) is 87.7. The fourth-order valence-corrected chi connectivity index (χ4v) is 8.05. The molecule has 28 nitrogen and oxygen atoms in total. The number of aliphatic hydroxyl groups excluding tert-OH is 4. The van der Waals surface area contributed by atoms with Crippen molar-refractivity contribution >= 4 is 0 Å². The largest absolute Gasteiger partial charge is 0.508 e. The molecule has 7 unspecified atom stereocenters. The normalized spacial score (nSPS) is 18.9. The molecule has 0 aliphatic rings. The molecule has 0 fully saturated rings. The summed E-state index contributed by atoms with van der Waals surface area (Å²) in [7, 11) is 7.08. The summed E-state index contributed by atoms with van der Waals surface area (Å²) in [6.07, 6.45) is -14.4. The van der Waals surface area contributed by atoms with E-state index in [1.54, 1.807) is 66.2 Å². The number of hydrogen-bond acceptors (Lipinski definition) is 28. The van der Waals surface area contributed by atoms with Crippen molar-refractivity contribution < 1.29 is 135 Å². The summed E-state index contributed by atoms with van der Waals surface area (Å²) in [6, 6.07) is 50.2. The van der Waals surface area contributed by atoms with Gasteiger partial charge in [-0.05, 0) is 217 Å². The third kappa shape index (κ3) is 42.7. The van der Waals surface area contributed by atoms with E-state index < -0.39 is 128 Å². The third-order valence-corrected chi connectivity index (χ3v) is 13.0. The van der Waals surface area contributed by atoms with Crippen LogP contribution in [-0.2, 0) is 5.79 Å². The van der Waals surface area contributed by atoms with Gasteiger partial charge in [-0.25, -0.2) is 0 Å².